The molecular formula is C12H18N2O3. The highest BCUT2D eigenvalue weighted by molar-refractivity contribution is 5.93. The molecule has 17 heavy (non-hydrogen) atoms. The Morgan fingerprint density at radius 3 is 2.82 bits per heavy atom. The van der Waals surface area contributed by atoms with E-state index in [0.29, 0.717) is 12.4 Å². The zero-order valence-electron chi connectivity index (χ0n) is 10.4. The summed E-state index contributed by atoms with van der Waals surface area (Å²) in [6, 6.07) is 1.76. The highest BCUT2D eigenvalue weighted by Gasteiger charge is 2.25. The van der Waals surface area contributed by atoms with Gasteiger partial charge in [0.25, 0.3) is 5.91 Å². The van der Waals surface area contributed by atoms with Crippen molar-refractivity contribution in [1.82, 2.24) is 5.16 Å². The number of hydrogen-bond donors (Lipinski definition) is 1. The van der Waals surface area contributed by atoms with Crippen LogP contribution in [0.3, 0.4) is 0 Å². The maximum Gasteiger partial charge on any atom is 0.254 e. The number of rotatable bonds is 2. The molecule has 1 aliphatic rings. The van der Waals surface area contributed by atoms with Gasteiger partial charge in [-0.05, 0) is 12.8 Å². The Labute approximate surface area is 101 Å². The van der Waals surface area contributed by atoms with Gasteiger partial charge in [0.05, 0.1) is 0 Å². The number of carbonyl (C=O) groups excluding carboxylic acids is 1. The predicted molar refractivity (Wildman–Crippen MR) is 62.8 cm³/mol. The average molecular weight is 238 g/mol. The second-order valence-corrected chi connectivity index (χ2v) is 5.32. The minimum atomic E-state index is -0.343. The van der Waals surface area contributed by atoms with Crippen molar-refractivity contribution < 1.29 is 14.1 Å². The molecule has 0 radical (unpaired) electrons. The first-order valence-corrected chi connectivity index (χ1v) is 5.86. The van der Waals surface area contributed by atoms with Gasteiger partial charge in [-0.25, -0.2) is 0 Å². The van der Waals surface area contributed by atoms with Crippen LogP contribution in [0.15, 0.2) is 10.6 Å². The van der Waals surface area contributed by atoms with Crippen molar-refractivity contribution in [3.05, 3.63) is 11.8 Å². The van der Waals surface area contributed by atoms with Gasteiger partial charge < -0.3 is 14.6 Å². The summed E-state index contributed by atoms with van der Waals surface area (Å²) in [7, 11) is 0. The van der Waals surface area contributed by atoms with Crippen LogP contribution < -0.4 is 5.32 Å². The Balaban J connectivity index is 1.99. The fourth-order valence-electron chi connectivity index (χ4n) is 1.68. The van der Waals surface area contributed by atoms with Crippen LogP contribution in [0.25, 0.3) is 0 Å². The molecule has 2 rings (SSSR count). The summed E-state index contributed by atoms with van der Waals surface area (Å²) in [4.78, 5) is 11.8. The summed E-state index contributed by atoms with van der Waals surface area (Å²) >= 11 is 0. The number of anilines is 1. The maximum atomic E-state index is 11.8. The van der Waals surface area contributed by atoms with Gasteiger partial charge in [0.1, 0.15) is 11.9 Å². The van der Waals surface area contributed by atoms with E-state index in [9.17, 15) is 4.79 Å². The van der Waals surface area contributed by atoms with Gasteiger partial charge in [-0.1, -0.05) is 25.9 Å². The molecule has 0 aliphatic carbocycles. The molecule has 2 heterocycles. The molecular weight excluding hydrogens is 220 g/mol. The third-order valence-electron chi connectivity index (χ3n) is 2.72. The van der Waals surface area contributed by atoms with Crippen molar-refractivity contribution in [2.24, 2.45) is 0 Å². The summed E-state index contributed by atoms with van der Waals surface area (Å²) in [6.07, 6.45) is 1.37. The Morgan fingerprint density at radius 1 is 1.53 bits per heavy atom. The topological polar surface area (TPSA) is 64.4 Å². The molecule has 1 N–H and O–H groups in total. The third kappa shape index (κ3) is 2.85. The number of nitrogens with one attached hydrogen (secondary N) is 1. The molecule has 0 spiro atoms. The largest absolute Gasteiger partial charge is 0.368 e. The molecule has 0 aromatic carbocycles. The first kappa shape index (κ1) is 12.1. The predicted octanol–water partition coefficient (Wildman–Crippen LogP) is 2.09. The summed E-state index contributed by atoms with van der Waals surface area (Å²) < 4.78 is 10.5. The lowest BCUT2D eigenvalue weighted by Gasteiger charge is -2.12. The van der Waals surface area contributed by atoms with Gasteiger partial charge in [0.15, 0.2) is 5.82 Å². The average Bonchev–Trinajstić information content (AvgIpc) is 2.85. The number of aromatic nitrogens is 1. The van der Waals surface area contributed by atoms with Crippen molar-refractivity contribution in [2.45, 2.75) is 45.1 Å². The van der Waals surface area contributed by atoms with Crippen LogP contribution in [-0.2, 0) is 14.9 Å². The van der Waals surface area contributed by atoms with Crippen LogP contribution in [0.1, 0.15) is 39.4 Å². The molecule has 1 atom stereocenters. The molecule has 1 saturated heterocycles. The molecule has 1 amide bonds. The lowest BCUT2D eigenvalue weighted by molar-refractivity contribution is -0.124. The lowest BCUT2D eigenvalue weighted by atomic mass is 9.93. The molecule has 94 valence electrons. The lowest BCUT2D eigenvalue weighted by Crippen LogP contribution is -2.26. The van der Waals surface area contributed by atoms with E-state index in [1.165, 1.54) is 0 Å². The zero-order valence-corrected chi connectivity index (χ0v) is 10.4. The number of ether oxygens (including phenoxy) is 1. The number of amides is 1. The van der Waals surface area contributed by atoms with Crippen molar-refractivity contribution in [2.75, 3.05) is 11.9 Å². The van der Waals surface area contributed by atoms with Crippen molar-refractivity contribution in [1.29, 1.82) is 0 Å². The number of carbonyl (C=O) groups is 1. The SMILES string of the molecule is CC(C)(C)c1cc(NC(=O)[C@H]2CCCO2)no1. The fraction of sp³-hybridized carbons (Fsp3) is 0.667. The van der Waals surface area contributed by atoms with Gasteiger partial charge in [0.2, 0.25) is 0 Å². The summed E-state index contributed by atoms with van der Waals surface area (Å²) in [6.45, 7) is 6.74. The van der Waals surface area contributed by atoms with Crippen LogP contribution in [0, 0.1) is 0 Å². The van der Waals surface area contributed by atoms with E-state index < -0.39 is 0 Å². The van der Waals surface area contributed by atoms with Crippen molar-refractivity contribution in [3.63, 3.8) is 0 Å². The van der Waals surface area contributed by atoms with Crippen LogP contribution in [0.5, 0.6) is 0 Å². The number of hydrogen-bond acceptors (Lipinski definition) is 4. The first-order valence-electron chi connectivity index (χ1n) is 5.86. The molecule has 1 fully saturated rings. The molecule has 5 heteroatoms. The van der Waals surface area contributed by atoms with E-state index in [-0.39, 0.29) is 17.4 Å². The van der Waals surface area contributed by atoms with E-state index in [2.05, 4.69) is 10.5 Å². The van der Waals surface area contributed by atoms with E-state index >= 15 is 0 Å². The summed E-state index contributed by atoms with van der Waals surface area (Å²) in [5, 5.41) is 6.54. The van der Waals surface area contributed by atoms with Crippen molar-refractivity contribution in [3.8, 4) is 0 Å². The van der Waals surface area contributed by atoms with E-state index in [1.807, 2.05) is 20.8 Å². The fourth-order valence-corrected chi connectivity index (χ4v) is 1.68. The Kier molecular flexibility index (Phi) is 3.19. The van der Waals surface area contributed by atoms with Crippen LogP contribution in [-0.4, -0.2) is 23.8 Å². The smallest absolute Gasteiger partial charge is 0.254 e. The molecule has 0 bridgehead atoms. The maximum absolute atomic E-state index is 11.8. The molecule has 0 saturated carbocycles. The summed E-state index contributed by atoms with van der Waals surface area (Å²) in [5.74, 6) is 1.06. The van der Waals surface area contributed by atoms with Gasteiger partial charge in [0, 0.05) is 18.1 Å². The standard InChI is InChI=1S/C12H18N2O3/c1-12(2,3)9-7-10(14-17-9)13-11(15)8-5-4-6-16-8/h7-8H,4-6H2,1-3H3,(H,13,14,15)/t8-/m1/s1. The molecule has 1 aliphatic heterocycles. The van der Waals surface area contributed by atoms with Gasteiger partial charge in [-0.15, -0.1) is 0 Å². The minimum Gasteiger partial charge on any atom is -0.368 e. The Bertz CT molecular complexity index is 400. The molecule has 1 aromatic rings. The highest BCUT2D eigenvalue weighted by Crippen LogP contribution is 2.24. The summed E-state index contributed by atoms with van der Waals surface area (Å²) in [5.41, 5.74) is -0.111. The first-order chi connectivity index (χ1) is 7.97. The van der Waals surface area contributed by atoms with Gasteiger partial charge in [-0.2, -0.15) is 0 Å². The van der Waals surface area contributed by atoms with Crippen LogP contribution in [0.2, 0.25) is 0 Å². The Morgan fingerprint density at radius 2 is 2.29 bits per heavy atom. The van der Waals surface area contributed by atoms with Crippen LogP contribution >= 0.6 is 0 Å². The van der Waals surface area contributed by atoms with Gasteiger partial charge in [-0.3, -0.25) is 4.79 Å². The van der Waals surface area contributed by atoms with E-state index in [1.54, 1.807) is 6.07 Å². The second kappa shape index (κ2) is 4.49. The minimum absolute atomic E-state index is 0.111. The molecule has 0 unspecified atom stereocenters. The zero-order chi connectivity index (χ0) is 12.5. The quantitative estimate of drug-likeness (QED) is 0.856. The Hall–Kier alpha value is -1.36. The van der Waals surface area contributed by atoms with E-state index in [4.69, 9.17) is 9.26 Å². The second-order valence-electron chi connectivity index (χ2n) is 5.32. The van der Waals surface area contributed by atoms with Crippen LogP contribution in [0.4, 0.5) is 5.82 Å². The normalized spacial score (nSPS) is 20.5. The van der Waals surface area contributed by atoms with Crippen molar-refractivity contribution >= 4 is 11.7 Å². The van der Waals surface area contributed by atoms with E-state index in [0.717, 1.165) is 18.6 Å². The third-order valence-corrected chi connectivity index (χ3v) is 2.72. The monoisotopic (exact) mass is 238 g/mol. The number of nitrogens with zero attached hydrogens (tertiary/aromatic N) is 1. The molecule has 1 aromatic heterocycles. The van der Waals surface area contributed by atoms with Gasteiger partial charge >= 0.3 is 0 Å². The molecule has 5 nitrogen and oxygen atoms in total. The highest BCUT2D eigenvalue weighted by atomic mass is 16.5.